The van der Waals surface area contributed by atoms with Crippen molar-refractivity contribution < 1.29 is 23.0 Å². The van der Waals surface area contributed by atoms with Gasteiger partial charge in [-0.3, -0.25) is 0 Å². The molecule has 1 heterocycles. The molecule has 80 valence electrons. The molecule has 0 saturated heterocycles. The normalized spacial score (nSPS) is 10.9. The van der Waals surface area contributed by atoms with Crippen molar-refractivity contribution in [3.05, 3.63) is 23.4 Å². The van der Waals surface area contributed by atoms with Crippen LogP contribution in [0.1, 0.15) is 11.1 Å². The highest BCUT2D eigenvalue weighted by molar-refractivity contribution is 5.39. The van der Waals surface area contributed by atoms with Gasteiger partial charge in [-0.2, -0.15) is 5.26 Å². The minimum Gasteiger partial charge on any atom is -0.392 e. The fraction of sp³-hybridized carbons (Fsp3) is 0.250. The van der Waals surface area contributed by atoms with E-state index >= 15 is 0 Å². The molecule has 1 N–H and O–H groups in total. The zero-order valence-electron chi connectivity index (χ0n) is 7.25. The van der Waals surface area contributed by atoms with E-state index in [0.29, 0.717) is 0 Å². The van der Waals surface area contributed by atoms with E-state index in [4.69, 9.17) is 10.4 Å². The van der Waals surface area contributed by atoms with E-state index in [9.17, 15) is 13.2 Å². The van der Waals surface area contributed by atoms with E-state index in [1.807, 2.05) is 0 Å². The van der Waals surface area contributed by atoms with E-state index in [0.717, 1.165) is 12.3 Å². The van der Waals surface area contributed by atoms with Gasteiger partial charge in [-0.1, -0.05) is 0 Å². The number of aliphatic hydroxyl groups excluding tert-OH is 1. The molecule has 7 heteroatoms. The predicted molar refractivity (Wildman–Crippen MR) is 41.6 cm³/mol. The highest BCUT2D eigenvalue weighted by atomic mass is 19.4. The summed E-state index contributed by atoms with van der Waals surface area (Å²) in [5.74, 6) is -0.817. The summed E-state index contributed by atoms with van der Waals surface area (Å²) in [6.45, 7) is -0.409. The van der Waals surface area contributed by atoms with Gasteiger partial charge in [0.2, 0.25) is 5.88 Å². The van der Waals surface area contributed by atoms with Crippen molar-refractivity contribution in [2.24, 2.45) is 0 Å². The van der Waals surface area contributed by atoms with Crippen molar-refractivity contribution in [1.82, 2.24) is 4.98 Å². The van der Waals surface area contributed by atoms with Crippen molar-refractivity contribution in [3.8, 4) is 11.9 Å². The molecule has 0 bridgehead atoms. The summed E-state index contributed by atoms with van der Waals surface area (Å²) in [6.07, 6.45) is -3.89. The molecule has 0 atom stereocenters. The topological polar surface area (TPSA) is 66.1 Å². The average molecular weight is 218 g/mol. The minimum atomic E-state index is -4.89. The lowest BCUT2D eigenvalue weighted by Gasteiger charge is -2.09. The number of hydrogen-bond donors (Lipinski definition) is 1. The number of rotatable bonds is 2. The first kappa shape index (κ1) is 11.3. The van der Waals surface area contributed by atoms with Crippen molar-refractivity contribution in [3.63, 3.8) is 0 Å². The first-order valence-electron chi connectivity index (χ1n) is 3.72. The third-order valence-electron chi connectivity index (χ3n) is 1.42. The summed E-state index contributed by atoms with van der Waals surface area (Å²) >= 11 is 0. The van der Waals surface area contributed by atoms with Gasteiger partial charge in [0, 0.05) is 6.20 Å². The van der Waals surface area contributed by atoms with Crippen LogP contribution < -0.4 is 4.74 Å². The first-order valence-corrected chi connectivity index (χ1v) is 3.72. The van der Waals surface area contributed by atoms with Crippen LogP contribution in [-0.2, 0) is 6.61 Å². The minimum absolute atomic E-state index is 0.237. The maximum atomic E-state index is 11.8. The predicted octanol–water partition coefficient (Wildman–Crippen LogP) is 1.34. The number of pyridine rings is 1. The number of aromatic nitrogens is 1. The Balaban J connectivity index is 3.04. The molecule has 1 aromatic rings. The van der Waals surface area contributed by atoms with E-state index in [1.165, 1.54) is 6.07 Å². The van der Waals surface area contributed by atoms with Gasteiger partial charge in [0.05, 0.1) is 6.61 Å². The summed E-state index contributed by atoms with van der Waals surface area (Å²) in [4.78, 5) is 3.28. The SMILES string of the molecule is N#Cc1cc(CO)cnc1OC(F)(F)F. The van der Waals surface area contributed by atoms with Crippen LogP contribution in [0.4, 0.5) is 13.2 Å². The number of nitrogens with zero attached hydrogens (tertiary/aromatic N) is 2. The van der Waals surface area contributed by atoms with Crippen molar-refractivity contribution in [2.75, 3.05) is 0 Å². The van der Waals surface area contributed by atoms with Gasteiger partial charge < -0.3 is 9.84 Å². The molecule has 0 saturated carbocycles. The summed E-state index contributed by atoms with van der Waals surface area (Å²) < 4.78 is 39.0. The summed E-state index contributed by atoms with van der Waals surface area (Å²) in [5.41, 5.74) is -0.139. The highest BCUT2D eigenvalue weighted by Crippen LogP contribution is 2.24. The Morgan fingerprint density at radius 2 is 2.20 bits per heavy atom. The molecule has 4 nitrogen and oxygen atoms in total. The van der Waals surface area contributed by atoms with Crippen LogP contribution in [0.5, 0.6) is 5.88 Å². The second-order valence-electron chi connectivity index (χ2n) is 2.51. The van der Waals surface area contributed by atoms with Crippen molar-refractivity contribution >= 4 is 0 Å². The van der Waals surface area contributed by atoms with Crippen molar-refractivity contribution in [1.29, 1.82) is 5.26 Å². The van der Waals surface area contributed by atoms with Crippen LogP contribution in [0.25, 0.3) is 0 Å². The maximum Gasteiger partial charge on any atom is 0.574 e. The monoisotopic (exact) mass is 218 g/mol. The Kier molecular flexibility index (Phi) is 3.11. The summed E-state index contributed by atoms with van der Waals surface area (Å²) in [7, 11) is 0. The molecule has 0 unspecified atom stereocenters. The van der Waals surface area contributed by atoms with Crippen LogP contribution in [0.2, 0.25) is 0 Å². The van der Waals surface area contributed by atoms with Gasteiger partial charge in [-0.05, 0) is 11.6 Å². The number of halogens is 3. The van der Waals surface area contributed by atoms with E-state index in [1.54, 1.807) is 0 Å². The van der Waals surface area contributed by atoms with E-state index in [-0.39, 0.29) is 11.1 Å². The van der Waals surface area contributed by atoms with E-state index in [2.05, 4.69) is 9.72 Å². The molecule has 0 aliphatic heterocycles. The van der Waals surface area contributed by atoms with Crippen LogP contribution in [0, 0.1) is 11.3 Å². The zero-order chi connectivity index (χ0) is 11.5. The van der Waals surface area contributed by atoms with E-state index < -0.39 is 18.8 Å². The molecule has 0 amide bonds. The smallest absolute Gasteiger partial charge is 0.392 e. The van der Waals surface area contributed by atoms with Gasteiger partial charge in [0.1, 0.15) is 11.6 Å². The number of nitriles is 1. The Labute approximate surface area is 82.5 Å². The molecule has 0 fully saturated rings. The van der Waals surface area contributed by atoms with Crippen LogP contribution in [0.15, 0.2) is 12.3 Å². The zero-order valence-corrected chi connectivity index (χ0v) is 7.25. The number of ether oxygens (including phenoxy) is 1. The molecule has 0 aliphatic rings. The Bertz CT molecular complexity index is 398. The molecule has 0 radical (unpaired) electrons. The Morgan fingerprint density at radius 1 is 1.53 bits per heavy atom. The standard InChI is InChI=1S/C8H5F3N2O2/c9-8(10,11)15-7-6(2-12)1-5(4-14)3-13-7/h1,3,14H,4H2. The average Bonchev–Trinajstić information content (AvgIpc) is 2.16. The summed E-state index contributed by atoms with van der Waals surface area (Å²) in [5, 5.41) is 17.2. The Morgan fingerprint density at radius 3 is 2.67 bits per heavy atom. The van der Waals surface area contributed by atoms with Crippen LogP contribution >= 0.6 is 0 Å². The fourth-order valence-electron chi connectivity index (χ4n) is 0.853. The van der Waals surface area contributed by atoms with Crippen molar-refractivity contribution in [2.45, 2.75) is 13.0 Å². The molecule has 0 aromatic carbocycles. The number of alkyl halides is 3. The molecule has 15 heavy (non-hydrogen) atoms. The molecule has 0 aliphatic carbocycles. The quantitative estimate of drug-likeness (QED) is 0.813. The Hall–Kier alpha value is -1.81. The molecule has 0 spiro atoms. The second kappa shape index (κ2) is 4.14. The van der Waals surface area contributed by atoms with Crippen LogP contribution in [-0.4, -0.2) is 16.5 Å². The number of aliphatic hydroxyl groups is 1. The van der Waals surface area contributed by atoms with Gasteiger partial charge in [-0.15, -0.1) is 13.2 Å². The molecular formula is C8H5F3N2O2. The van der Waals surface area contributed by atoms with Gasteiger partial charge in [0.25, 0.3) is 0 Å². The molecule has 1 aromatic heterocycles. The largest absolute Gasteiger partial charge is 0.574 e. The second-order valence-corrected chi connectivity index (χ2v) is 2.51. The number of hydrogen-bond acceptors (Lipinski definition) is 4. The lowest BCUT2D eigenvalue weighted by molar-refractivity contribution is -0.276. The molecule has 1 rings (SSSR count). The maximum absolute atomic E-state index is 11.8. The lowest BCUT2D eigenvalue weighted by atomic mass is 10.2. The third kappa shape index (κ3) is 3.11. The van der Waals surface area contributed by atoms with Gasteiger partial charge in [0.15, 0.2) is 0 Å². The summed E-state index contributed by atoms with van der Waals surface area (Å²) in [6, 6.07) is 2.57. The highest BCUT2D eigenvalue weighted by Gasteiger charge is 2.33. The first-order chi connectivity index (χ1) is 6.96. The van der Waals surface area contributed by atoms with Gasteiger partial charge >= 0.3 is 6.36 Å². The molecular weight excluding hydrogens is 213 g/mol. The lowest BCUT2D eigenvalue weighted by Crippen LogP contribution is -2.18. The third-order valence-corrected chi connectivity index (χ3v) is 1.42. The van der Waals surface area contributed by atoms with Crippen LogP contribution in [0.3, 0.4) is 0 Å². The van der Waals surface area contributed by atoms with Gasteiger partial charge in [-0.25, -0.2) is 4.98 Å². The fourth-order valence-corrected chi connectivity index (χ4v) is 0.853.